The Labute approximate surface area is 153 Å². The Bertz CT molecular complexity index is 736. The van der Waals surface area contributed by atoms with Gasteiger partial charge in [0.15, 0.2) is 0 Å². The molecule has 0 bridgehead atoms. The minimum absolute atomic E-state index is 0.105. The Balaban J connectivity index is 2.90. The summed E-state index contributed by atoms with van der Waals surface area (Å²) in [6.45, 7) is 4.99. The van der Waals surface area contributed by atoms with Crippen LogP contribution in [0.4, 0.5) is 4.39 Å². The van der Waals surface area contributed by atoms with E-state index >= 15 is 0 Å². The van der Waals surface area contributed by atoms with Gasteiger partial charge < -0.3 is 10.4 Å². The van der Waals surface area contributed by atoms with Gasteiger partial charge in [0.25, 0.3) is 0 Å². The number of aliphatic carboxylic acids is 1. The van der Waals surface area contributed by atoms with Crippen molar-refractivity contribution in [1.29, 1.82) is 0 Å². The molecule has 0 radical (unpaired) electrons. The van der Waals surface area contributed by atoms with Crippen molar-refractivity contribution in [2.45, 2.75) is 44.6 Å². The van der Waals surface area contributed by atoms with Gasteiger partial charge in [-0.1, -0.05) is 39.3 Å². The molecule has 0 saturated heterocycles. The van der Waals surface area contributed by atoms with Gasteiger partial charge in [-0.25, -0.2) is 12.8 Å². The summed E-state index contributed by atoms with van der Waals surface area (Å²) < 4.78 is 40.8. The molecule has 1 amide bonds. The van der Waals surface area contributed by atoms with Gasteiger partial charge in [-0.3, -0.25) is 9.59 Å². The Morgan fingerprint density at radius 1 is 1.23 bits per heavy atom. The molecule has 1 aromatic carbocycles. The van der Waals surface area contributed by atoms with Crippen LogP contribution in [-0.4, -0.2) is 38.0 Å². The number of rotatable bonds is 10. The third-order valence-electron chi connectivity index (χ3n) is 3.87. The van der Waals surface area contributed by atoms with Crippen LogP contribution in [0.3, 0.4) is 0 Å². The van der Waals surface area contributed by atoms with Crippen molar-refractivity contribution in [2.24, 2.45) is 11.8 Å². The topological polar surface area (TPSA) is 113 Å². The second-order valence-electron chi connectivity index (χ2n) is 6.34. The van der Waals surface area contributed by atoms with Crippen LogP contribution in [0.5, 0.6) is 0 Å². The van der Waals surface area contributed by atoms with E-state index in [1.807, 2.05) is 6.92 Å². The highest BCUT2D eigenvalue weighted by Crippen LogP contribution is 2.15. The average molecular weight is 388 g/mol. The summed E-state index contributed by atoms with van der Waals surface area (Å²) in [6, 6.07) is 3.71. The molecule has 0 aliphatic rings. The Morgan fingerprint density at radius 3 is 2.35 bits per heavy atom. The van der Waals surface area contributed by atoms with Crippen molar-refractivity contribution in [1.82, 2.24) is 10.0 Å². The molecule has 146 valence electrons. The number of halogens is 1. The van der Waals surface area contributed by atoms with Gasteiger partial charge in [-0.2, -0.15) is 4.72 Å². The molecule has 1 rings (SSSR count). The molecular weight excluding hydrogens is 363 g/mol. The molecule has 0 fully saturated rings. The first-order chi connectivity index (χ1) is 12.1. The van der Waals surface area contributed by atoms with Gasteiger partial charge in [0.1, 0.15) is 16.8 Å². The van der Waals surface area contributed by atoms with Gasteiger partial charge in [-0.15, -0.1) is 0 Å². The largest absolute Gasteiger partial charge is 0.481 e. The molecule has 9 heteroatoms. The number of benzene rings is 1. The summed E-state index contributed by atoms with van der Waals surface area (Å²) in [5.74, 6) is -3.77. The number of nitrogens with one attached hydrogen (secondary N) is 2. The normalized spacial score (nSPS) is 14.0. The van der Waals surface area contributed by atoms with Crippen molar-refractivity contribution in [3.05, 3.63) is 30.1 Å². The second-order valence-corrected chi connectivity index (χ2v) is 8.02. The summed E-state index contributed by atoms with van der Waals surface area (Å²) in [5, 5.41) is 11.6. The number of amides is 1. The van der Waals surface area contributed by atoms with E-state index in [0.29, 0.717) is 12.8 Å². The number of sulfonamides is 1. The van der Waals surface area contributed by atoms with Crippen molar-refractivity contribution >= 4 is 21.9 Å². The van der Waals surface area contributed by atoms with Gasteiger partial charge in [0.05, 0.1) is 5.92 Å². The van der Waals surface area contributed by atoms with E-state index in [9.17, 15) is 22.4 Å². The van der Waals surface area contributed by atoms with Crippen molar-refractivity contribution < 1.29 is 27.5 Å². The van der Waals surface area contributed by atoms with Crippen molar-refractivity contribution in [2.75, 3.05) is 6.54 Å². The predicted molar refractivity (Wildman–Crippen MR) is 94.4 cm³/mol. The molecule has 0 aliphatic heterocycles. The minimum atomic E-state index is -4.25. The zero-order valence-corrected chi connectivity index (χ0v) is 15.8. The van der Waals surface area contributed by atoms with Crippen LogP contribution in [0.15, 0.2) is 29.2 Å². The van der Waals surface area contributed by atoms with E-state index in [2.05, 4.69) is 10.0 Å². The minimum Gasteiger partial charge on any atom is -0.481 e. The first kappa shape index (κ1) is 22.0. The fraction of sp³-hybridized carbons (Fsp3) is 0.529. The molecule has 0 spiro atoms. The smallest absolute Gasteiger partial charge is 0.308 e. The average Bonchev–Trinajstić information content (AvgIpc) is 2.56. The SMILES string of the molecule is CCCC(CNC(=O)C(NS(=O)(=O)c1ccccc1F)C(C)C)C(=O)O. The van der Waals surface area contributed by atoms with E-state index in [-0.39, 0.29) is 6.54 Å². The van der Waals surface area contributed by atoms with E-state index in [0.717, 1.165) is 12.1 Å². The maximum absolute atomic E-state index is 13.8. The number of hydrogen-bond donors (Lipinski definition) is 3. The third-order valence-corrected chi connectivity index (χ3v) is 5.34. The highest BCUT2D eigenvalue weighted by molar-refractivity contribution is 7.89. The first-order valence-electron chi connectivity index (χ1n) is 8.37. The number of carbonyl (C=O) groups excluding carboxylic acids is 1. The maximum atomic E-state index is 13.8. The van der Waals surface area contributed by atoms with Crippen molar-refractivity contribution in [3.63, 3.8) is 0 Å². The van der Waals surface area contributed by atoms with E-state index in [1.165, 1.54) is 12.1 Å². The van der Waals surface area contributed by atoms with E-state index < -0.39 is 50.5 Å². The van der Waals surface area contributed by atoms with Crippen LogP contribution in [-0.2, 0) is 19.6 Å². The second kappa shape index (κ2) is 9.63. The predicted octanol–water partition coefficient (Wildman–Crippen LogP) is 1.75. The lowest BCUT2D eigenvalue weighted by Gasteiger charge is -2.22. The van der Waals surface area contributed by atoms with Crippen LogP contribution in [0.25, 0.3) is 0 Å². The number of carboxylic acid groups (broad SMARTS) is 1. The summed E-state index contributed by atoms with van der Waals surface area (Å²) in [4.78, 5) is 23.0. The highest BCUT2D eigenvalue weighted by Gasteiger charge is 2.30. The van der Waals surface area contributed by atoms with Gasteiger partial charge in [-0.05, 0) is 24.5 Å². The lowest BCUT2D eigenvalue weighted by atomic mass is 10.0. The Kier molecular flexibility index (Phi) is 8.16. The fourth-order valence-electron chi connectivity index (χ4n) is 2.38. The van der Waals surface area contributed by atoms with Crippen LogP contribution < -0.4 is 10.0 Å². The van der Waals surface area contributed by atoms with Gasteiger partial charge in [0, 0.05) is 6.54 Å². The quantitative estimate of drug-likeness (QED) is 0.565. The number of carboxylic acids is 1. The van der Waals surface area contributed by atoms with Crippen LogP contribution in [0.1, 0.15) is 33.6 Å². The summed E-state index contributed by atoms with van der Waals surface area (Å²) in [5.41, 5.74) is 0. The van der Waals surface area contributed by atoms with E-state index in [1.54, 1.807) is 13.8 Å². The number of hydrogen-bond acceptors (Lipinski definition) is 4. The van der Waals surface area contributed by atoms with Crippen molar-refractivity contribution in [3.8, 4) is 0 Å². The molecule has 3 N–H and O–H groups in total. The van der Waals surface area contributed by atoms with Crippen LogP contribution in [0.2, 0.25) is 0 Å². The van der Waals surface area contributed by atoms with Crippen LogP contribution >= 0.6 is 0 Å². The molecular formula is C17H25FN2O5S. The molecule has 0 aromatic heterocycles. The van der Waals surface area contributed by atoms with Crippen LogP contribution in [0, 0.1) is 17.7 Å². The fourth-order valence-corrected chi connectivity index (χ4v) is 3.80. The third kappa shape index (κ3) is 6.06. The summed E-state index contributed by atoms with van der Waals surface area (Å²) in [7, 11) is -4.25. The molecule has 7 nitrogen and oxygen atoms in total. The lowest BCUT2D eigenvalue weighted by molar-refractivity contribution is -0.142. The standard InChI is InChI=1S/C17H25FN2O5S/c1-4-7-12(17(22)23)10-19-16(21)15(11(2)3)20-26(24,25)14-9-6-5-8-13(14)18/h5-6,8-9,11-12,15,20H,4,7,10H2,1-3H3,(H,19,21)(H,22,23). The lowest BCUT2D eigenvalue weighted by Crippen LogP contribution is -2.50. The highest BCUT2D eigenvalue weighted by atomic mass is 32.2. The molecule has 2 unspecified atom stereocenters. The molecule has 0 aliphatic carbocycles. The maximum Gasteiger partial charge on any atom is 0.308 e. The Hall–Kier alpha value is -2.00. The van der Waals surface area contributed by atoms with Gasteiger partial charge >= 0.3 is 5.97 Å². The molecule has 26 heavy (non-hydrogen) atoms. The number of carbonyl (C=O) groups is 2. The summed E-state index contributed by atoms with van der Waals surface area (Å²) in [6.07, 6.45) is 1.03. The zero-order chi connectivity index (χ0) is 19.9. The van der Waals surface area contributed by atoms with Gasteiger partial charge in [0.2, 0.25) is 15.9 Å². The zero-order valence-electron chi connectivity index (χ0n) is 15.0. The monoisotopic (exact) mass is 388 g/mol. The van der Waals surface area contributed by atoms with E-state index in [4.69, 9.17) is 5.11 Å². The summed E-state index contributed by atoms with van der Waals surface area (Å²) >= 11 is 0. The molecule has 0 saturated carbocycles. The molecule has 2 atom stereocenters. The first-order valence-corrected chi connectivity index (χ1v) is 9.85. The Morgan fingerprint density at radius 2 is 1.85 bits per heavy atom. The molecule has 1 aromatic rings. The molecule has 0 heterocycles.